The number of hydrogen-bond acceptors (Lipinski definition) is 4. The van der Waals surface area contributed by atoms with E-state index in [0.29, 0.717) is 5.69 Å². The van der Waals surface area contributed by atoms with Crippen LogP contribution in [0.2, 0.25) is 0 Å². The standard InChI is InChI=1S/C36H38BrN3O4S/c1-27-19-21-32(22-20-27)40(45(43,44)33-17-6-3-7-18-33)26-35(41)39(25-29-13-10-14-30(37)23-29)34(24-28-11-4-2-5-12-28)36(42)38-31-15-8-9-16-31/h2-7,10-14,17-23,31,34H,8-9,15-16,24-26H2,1H3,(H,38,42)/t34-/m0/s1. The normalized spacial score (nSPS) is 14.1. The highest BCUT2D eigenvalue weighted by Crippen LogP contribution is 2.26. The second-order valence-electron chi connectivity index (χ2n) is 11.5. The maximum absolute atomic E-state index is 14.6. The minimum absolute atomic E-state index is 0.0566. The maximum atomic E-state index is 14.6. The minimum atomic E-state index is -4.12. The molecule has 234 valence electrons. The molecule has 0 bridgehead atoms. The van der Waals surface area contributed by atoms with Crippen molar-refractivity contribution >= 4 is 43.5 Å². The first-order valence-electron chi connectivity index (χ1n) is 15.2. The van der Waals surface area contributed by atoms with Crippen LogP contribution in [0.5, 0.6) is 0 Å². The lowest BCUT2D eigenvalue weighted by molar-refractivity contribution is -0.140. The zero-order chi connectivity index (χ0) is 31.8. The predicted molar refractivity (Wildman–Crippen MR) is 181 cm³/mol. The number of sulfonamides is 1. The van der Waals surface area contributed by atoms with Crippen molar-refractivity contribution in [2.24, 2.45) is 0 Å². The molecule has 0 unspecified atom stereocenters. The largest absolute Gasteiger partial charge is 0.352 e. The molecule has 1 atom stereocenters. The Labute approximate surface area is 274 Å². The molecular weight excluding hydrogens is 650 g/mol. The van der Waals surface area contributed by atoms with Gasteiger partial charge in [0.1, 0.15) is 12.6 Å². The Bertz CT molecular complexity index is 1690. The molecule has 4 aromatic rings. The third kappa shape index (κ3) is 8.41. The summed E-state index contributed by atoms with van der Waals surface area (Å²) >= 11 is 3.53. The van der Waals surface area contributed by atoms with E-state index >= 15 is 0 Å². The molecule has 1 aliphatic carbocycles. The Balaban J connectivity index is 1.56. The second-order valence-corrected chi connectivity index (χ2v) is 14.3. The Morgan fingerprint density at radius 3 is 2.11 bits per heavy atom. The van der Waals surface area contributed by atoms with Crippen LogP contribution in [0.3, 0.4) is 0 Å². The molecule has 9 heteroatoms. The van der Waals surface area contributed by atoms with E-state index in [4.69, 9.17) is 0 Å². The van der Waals surface area contributed by atoms with Crippen LogP contribution in [0.15, 0.2) is 119 Å². The van der Waals surface area contributed by atoms with Crippen molar-refractivity contribution < 1.29 is 18.0 Å². The zero-order valence-corrected chi connectivity index (χ0v) is 27.7. The van der Waals surface area contributed by atoms with Gasteiger partial charge < -0.3 is 10.2 Å². The second kappa shape index (κ2) is 14.9. The van der Waals surface area contributed by atoms with Gasteiger partial charge in [-0.1, -0.05) is 107 Å². The Morgan fingerprint density at radius 2 is 1.47 bits per heavy atom. The van der Waals surface area contributed by atoms with Crippen LogP contribution in [0, 0.1) is 6.92 Å². The number of benzene rings is 4. The number of anilines is 1. The molecule has 1 fully saturated rings. The molecule has 1 saturated carbocycles. The Hall–Kier alpha value is -3.95. The SMILES string of the molecule is Cc1ccc(N(CC(=O)N(Cc2cccc(Br)c2)[C@@H](Cc2ccccc2)C(=O)NC2CCCC2)S(=O)(=O)c2ccccc2)cc1. The average molecular weight is 689 g/mol. The van der Waals surface area contributed by atoms with Crippen molar-refractivity contribution in [3.63, 3.8) is 0 Å². The van der Waals surface area contributed by atoms with Gasteiger partial charge in [0.2, 0.25) is 11.8 Å². The number of aryl methyl sites for hydroxylation is 1. The number of rotatable bonds is 12. The summed E-state index contributed by atoms with van der Waals surface area (Å²) in [4.78, 5) is 30.3. The number of nitrogens with one attached hydrogen (secondary N) is 1. The van der Waals surface area contributed by atoms with Gasteiger partial charge in [-0.2, -0.15) is 0 Å². The molecule has 0 saturated heterocycles. The molecule has 0 heterocycles. The van der Waals surface area contributed by atoms with Crippen LogP contribution in [0.25, 0.3) is 0 Å². The summed E-state index contributed by atoms with van der Waals surface area (Å²) in [6, 6.07) is 31.5. The summed E-state index contributed by atoms with van der Waals surface area (Å²) < 4.78 is 30.1. The molecule has 1 aliphatic rings. The monoisotopic (exact) mass is 687 g/mol. The first-order chi connectivity index (χ1) is 21.7. The van der Waals surface area contributed by atoms with Crippen molar-refractivity contribution in [3.05, 3.63) is 130 Å². The van der Waals surface area contributed by atoms with Crippen LogP contribution in [-0.4, -0.2) is 43.8 Å². The van der Waals surface area contributed by atoms with Gasteiger partial charge in [-0.05, 0) is 67.3 Å². The molecular formula is C36H38BrN3O4S. The zero-order valence-electron chi connectivity index (χ0n) is 25.3. The van der Waals surface area contributed by atoms with E-state index in [2.05, 4.69) is 21.2 Å². The summed E-state index contributed by atoms with van der Waals surface area (Å²) in [7, 11) is -4.12. The molecule has 5 rings (SSSR count). The first-order valence-corrected chi connectivity index (χ1v) is 17.5. The van der Waals surface area contributed by atoms with E-state index in [1.165, 1.54) is 12.1 Å². The van der Waals surface area contributed by atoms with Gasteiger partial charge in [-0.15, -0.1) is 0 Å². The lowest BCUT2D eigenvalue weighted by atomic mass is 10.0. The smallest absolute Gasteiger partial charge is 0.264 e. The van der Waals surface area contributed by atoms with Crippen LogP contribution in [0.4, 0.5) is 5.69 Å². The number of halogens is 1. The van der Waals surface area contributed by atoms with E-state index in [-0.39, 0.29) is 29.8 Å². The molecule has 0 radical (unpaired) electrons. The fraction of sp³-hybridized carbons (Fsp3) is 0.278. The quantitative estimate of drug-likeness (QED) is 0.181. The lowest BCUT2D eigenvalue weighted by Crippen LogP contribution is -2.54. The molecule has 4 aromatic carbocycles. The van der Waals surface area contributed by atoms with Gasteiger partial charge in [0, 0.05) is 23.5 Å². The highest BCUT2D eigenvalue weighted by molar-refractivity contribution is 9.10. The van der Waals surface area contributed by atoms with E-state index in [0.717, 1.165) is 51.2 Å². The van der Waals surface area contributed by atoms with Crippen molar-refractivity contribution in [3.8, 4) is 0 Å². The number of carbonyl (C=O) groups is 2. The number of amides is 2. The number of nitrogens with zero attached hydrogens (tertiary/aromatic N) is 2. The van der Waals surface area contributed by atoms with Gasteiger partial charge in [-0.3, -0.25) is 13.9 Å². The van der Waals surface area contributed by atoms with Gasteiger partial charge in [0.05, 0.1) is 10.6 Å². The third-order valence-corrected chi connectivity index (χ3v) is 10.4. The molecule has 0 spiro atoms. The van der Waals surface area contributed by atoms with E-state index in [1.54, 1.807) is 35.2 Å². The Kier molecular flexibility index (Phi) is 10.7. The van der Waals surface area contributed by atoms with Crippen LogP contribution in [0.1, 0.15) is 42.4 Å². The minimum Gasteiger partial charge on any atom is -0.352 e. The van der Waals surface area contributed by atoms with E-state index in [9.17, 15) is 18.0 Å². The van der Waals surface area contributed by atoms with Crippen molar-refractivity contribution in [1.29, 1.82) is 0 Å². The van der Waals surface area contributed by atoms with Crippen molar-refractivity contribution in [2.75, 3.05) is 10.8 Å². The van der Waals surface area contributed by atoms with Crippen molar-refractivity contribution in [2.45, 2.75) is 62.6 Å². The number of hydrogen-bond donors (Lipinski definition) is 1. The van der Waals surface area contributed by atoms with Crippen LogP contribution >= 0.6 is 15.9 Å². The Morgan fingerprint density at radius 1 is 0.844 bits per heavy atom. The van der Waals surface area contributed by atoms with Crippen LogP contribution in [-0.2, 0) is 32.6 Å². The van der Waals surface area contributed by atoms with Gasteiger partial charge in [0.15, 0.2) is 0 Å². The predicted octanol–water partition coefficient (Wildman–Crippen LogP) is 6.65. The summed E-state index contributed by atoms with van der Waals surface area (Å²) in [5.41, 5.74) is 3.06. The van der Waals surface area contributed by atoms with Crippen LogP contribution < -0.4 is 9.62 Å². The summed E-state index contributed by atoms with van der Waals surface area (Å²) in [5, 5.41) is 3.21. The van der Waals surface area contributed by atoms with E-state index in [1.807, 2.05) is 73.7 Å². The fourth-order valence-electron chi connectivity index (χ4n) is 5.71. The summed E-state index contributed by atoms with van der Waals surface area (Å²) in [6.07, 6.45) is 4.20. The first kappa shape index (κ1) is 32.4. The summed E-state index contributed by atoms with van der Waals surface area (Å²) in [6.45, 7) is 1.57. The average Bonchev–Trinajstić information content (AvgIpc) is 3.56. The van der Waals surface area contributed by atoms with E-state index < -0.39 is 28.5 Å². The van der Waals surface area contributed by atoms with Crippen molar-refractivity contribution in [1.82, 2.24) is 10.2 Å². The molecule has 2 amide bonds. The molecule has 0 aromatic heterocycles. The molecule has 1 N–H and O–H groups in total. The summed E-state index contributed by atoms with van der Waals surface area (Å²) in [5.74, 6) is -0.709. The topological polar surface area (TPSA) is 86.8 Å². The molecule has 45 heavy (non-hydrogen) atoms. The van der Waals surface area contributed by atoms with Gasteiger partial charge in [-0.25, -0.2) is 8.42 Å². The fourth-order valence-corrected chi connectivity index (χ4v) is 7.59. The lowest BCUT2D eigenvalue weighted by Gasteiger charge is -2.34. The number of carbonyl (C=O) groups excluding carboxylic acids is 2. The third-order valence-electron chi connectivity index (χ3n) is 8.15. The highest BCUT2D eigenvalue weighted by Gasteiger charge is 2.35. The molecule has 0 aliphatic heterocycles. The van der Waals surface area contributed by atoms with Gasteiger partial charge in [0.25, 0.3) is 10.0 Å². The van der Waals surface area contributed by atoms with Gasteiger partial charge >= 0.3 is 0 Å². The maximum Gasteiger partial charge on any atom is 0.264 e. The molecule has 7 nitrogen and oxygen atoms in total. The highest BCUT2D eigenvalue weighted by atomic mass is 79.9.